The van der Waals surface area contributed by atoms with Gasteiger partial charge >= 0.3 is 0 Å². The summed E-state index contributed by atoms with van der Waals surface area (Å²) in [4.78, 5) is 4.01. The smallest absolute Gasteiger partial charge is 0.269 e. The Balaban J connectivity index is 0.00000140. The van der Waals surface area contributed by atoms with Crippen LogP contribution in [-0.4, -0.2) is 24.4 Å². The number of nitrogens with zero attached hydrogens (tertiary/aromatic N) is 2. The first-order chi connectivity index (χ1) is 12.5. The van der Waals surface area contributed by atoms with Crippen molar-refractivity contribution in [3.05, 3.63) is 71.9 Å². The molecule has 0 aliphatic heterocycles. The fourth-order valence-corrected chi connectivity index (χ4v) is 5.12. The van der Waals surface area contributed by atoms with Crippen molar-refractivity contribution in [3.8, 4) is 11.3 Å². The van der Waals surface area contributed by atoms with Gasteiger partial charge in [0.15, 0.2) is 0 Å². The number of rotatable bonds is 4. The van der Waals surface area contributed by atoms with Gasteiger partial charge in [-0.1, -0.05) is 12.1 Å². The zero-order valence-electron chi connectivity index (χ0n) is 15.0. The Labute approximate surface area is 175 Å². The highest BCUT2D eigenvalue weighted by Crippen LogP contribution is 2.39. The van der Waals surface area contributed by atoms with Crippen molar-refractivity contribution in [2.45, 2.75) is 23.8 Å². The summed E-state index contributed by atoms with van der Waals surface area (Å²) in [5.41, 5.74) is 2.21. The van der Waals surface area contributed by atoms with Crippen LogP contribution in [0, 0.1) is 5.82 Å². The van der Waals surface area contributed by atoms with E-state index in [-0.39, 0.29) is 41.3 Å². The van der Waals surface area contributed by atoms with Crippen LogP contribution in [0.3, 0.4) is 0 Å². The quantitative estimate of drug-likeness (QED) is 0.662. The first kappa shape index (κ1) is 22.4. The maximum Gasteiger partial charge on any atom is 0.269 e. The van der Waals surface area contributed by atoms with Gasteiger partial charge in [-0.2, -0.15) is 0 Å². The summed E-state index contributed by atoms with van der Waals surface area (Å²) in [6.07, 6.45) is 4.25. The van der Waals surface area contributed by atoms with E-state index in [4.69, 9.17) is 0 Å². The average molecular weight is 444 g/mol. The lowest BCUT2D eigenvalue weighted by Gasteiger charge is -2.14. The van der Waals surface area contributed by atoms with Gasteiger partial charge in [0, 0.05) is 29.7 Å². The summed E-state index contributed by atoms with van der Waals surface area (Å²) >= 11 is 0. The van der Waals surface area contributed by atoms with Crippen LogP contribution < -0.4 is 5.32 Å². The van der Waals surface area contributed by atoms with E-state index in [0.29, 0.717) is 17.8 Å². The maximum atomic E-state index is 14.5. The Morgan fingerprint density at radius 3 is 2.57 bits per heavy atom. The Bertz CT molecular complexity index is 1070. The third-order valence-corrected chi connectivity index (χ3v) is 6.54. The van der Waals surface area contributed by atoms with Gasteiger partial charge in [0.05, 0.1) is 5.69 Å². The zero-order valence-corrected chi connectivity index (χ0v) is 17.5. The molecular formula is C19H20Cl2FN3O2S. The lowest BCUT2D eigenvalue weighted by Crippen LogP contribution is -2.17. The van der Waals surface area contributed by atoms with Crippen LogP contribution in [0.25, 0.3) is 11.3 Å². The minimum absolute atomic E-state index is 0. The molecule has 3 aromatic rings. The Hall–Kier alpha value is -1.93. The summed E-state index contributed by atoms with van der Waals surface area (Å²) in [5.74, 6) is -0.452. The highest BCUT2D eigenvalue weighted by Gasteiger charge is 2.33. The molecule has 9 heteroatoms. The molecule has 0 amide bonds. The van der Waals surface area contributed by atoms with Crippen LogP contribution in [0.1, 0.15) is 23.7 Å². The van der Waals surface area contributed by atoms with Crippen molar-refractivity contribution in [1.82, 2.24) is 14.3 Å². The number of fused-ring (bicyclic) bond motifs is 1. The SMILES string of the molecule is CNC1CCc2c1cc(-c1ccccc1F)n2S(=O)(=O)c1cccnc1.Cl.Cl. The van der Waals surface area contributed by atoms with E-state index in [1.807, 2.05) is 7.05 Å². The van der Waals surface area contributed by atoms with Crippen molar-refractivity contribution < 1.29 is 12.8 Å². The molecule has 150 valence electrons. The number of halogens is 3. The van der Waals surface area contributed by atoms with Gasteiger partial charge in [-0.05, 0) is 55.8 Å². The molecular weight excluding hydrogens is 424 g/mol. The van der Waals surface area contributed by atoms with Crippen LogP contribution in [0.5, 0.6) is 0 Å². The van der Waals surface area contributed by atoms with Crippen molar-refractivity contribution in [1.29, 1.82) is 0 Å². The van der Waals surface area contributed by atoms with Crippen LogP contribution in [0.2, 0.25) is 0 Å². The molecule has 5 nitrogen and oxygen atoms in total. The highest BCUT2D eigenvalue weighted by atomic mass is 35.5. The molecule has 2 heterocycles. The summed E-state index contributed by atoms with van der Waals surface area (Å²) < 4.78 is 42.4. The molecule has 28 heavy (non-hydrogen) atoms. The number of hydrogen-bond donors (Lipinski definition) is 1. The van der Waals surface area contributed by atoms with Crippen molar-refractivity contribution >= 4 is 34.8 Å². The molecule has 0 spiro atoms. The third kappa shape index (κ3) is 3.55. The standard InChI is InChI=1S/C19H18FN3O2S.2ClH/c1-21-17-8-9-18-15(17)11-19(14-6-2-3-7-16(14)20)23(18)26(24,25)13-5-4-10-22-12-13;;/h2-7,10-12,17,21H,8-9H2,1H3;2*1H. The predicted molar refractivity (Wildman–Crippen MR) is 111 cm³/mol. The van der Waals surface area contributed by atoms with Crippen LogP contribution in [0.4, 0.5) is 4.39 Å². The molecule has 1 aromatic carbocycles. The maximum absolute atomic E-state index is 14.5. The molecule has 0 fully saturated rings. The van der Waals surface area contributed by atoms with Crippen molar-refractivity contribution in [2.75, 3.05) is 7.05 Å². The second-order valence-electron chi connectivity index (χ2n) is 6.25. The molecule has 4 rings (SSSR count). The molecule has 1 unspecified atom stereocenters. The van der Waals surface area contributed by atoms with Gasteiger partial charge in [-0.3, -0.25) is 4.98 Å². The van der Waals surface area contributed by atoms with Gasteiger partial charge in [-0.15, -0.1) is 24.8 Å². The first-order valence-electron chi connectivity index (χ1n) is 8.36. The van der Waals surface area contributed by atoms with Gasteiger partial charge in [0.1, 0.15) is 10.7 Å². The van der Waals surface area contributed by atoms with E-state index >= 15 is 0 Å². The third-order valence-electron chi connectivity index (χ3n) is 4.81. The molecule has 1 N–H and O–H groups in total. The van der Waals surface area contributed by atoms with E-state index in [9.17, 15) is 12.8 Å². The molecule has 0 radical (unpaired) electrons. The minimum Gasteiger partial charge on any atom is -0.313 e. The molecule has 0 saturated heterocycles. The van der Waals surface area contributed by atoms with Crippen molar-refractivity contribution in [2.24, 2.45) is 0 Å². The zero-order chi connectivity index (χ0) is 18.3. The Morgan fingerprint density at radius 1 is 1.18 bits per heavy atom. The Kier molecular flexibility index (Phi) is 6.88. The molecule has 0 bridgehead atoms. The Morgan fingerprint density at radius 2 is 1.93 bits per heavy atom. The second kappa shape index (κ2) is 8.61. The average Bonchev–Trinajstić information content (AvgIpc) is 3.21. The lowest BCUT2D eigenvalue weighted by molar-refractivity contribution is 0.581. The fourth-order valence-electron chi connectivity index (χ4n) is 3.57. The summed E-state index contributed by atoms with van der Waals surface area (Å²) in [7, 11) is -2.05. The molecule has 0 saturated carbocycles. The van der Waals surface area contributed by atoms with Crippen molar-refractivity contribution in [3.63, 3.8) is 0 Å². The number of nitrogens with one attached hydrogen (secondary N) is 1. The van der Waals surface area contributed by atoms with E-state index in [0.717, 1.165) is 12.0 Å². The fraction of sp³-hybridized carbons (Fsp3) is 0.211. The lowest BCUT2D eigenvalue weighted by atomic mass is 10.1. The van der Waals surface area contributed by atoms with Crippen LogP contribution >= 0.6 is 24.8 Å². The van der Waals surface area contributed by atoms with E-state index in [2.05, 4.69) is 10.3 Å². The number of aromatic nitrogens is 2. The summed E-state index contributed by atoms with van der Waals surface area (Å²) in [6.45, 7) is 0. The largest absolute Gasteiger partial charge is 0.313 e. The molecule has 1 aliphatic rings. The second-order valence-corrected chi connectivity index (χ2v) is 8.04. The van der Waals surface area contributed by atoms with E-state index in [1.54, 1.807) is 30.3 Å². The number of hydrogen-bond acceptors (Lipinski definition) is 4. The molecule has 1 atom stereocenters. The number of benzene rings is 1. The van der Waals surface area contributed by atoms with Crippen LogP contribution in [0.15, 0.2) is 59.8 Å². The van der Waals surface area contributed by atoms with E-state index in [1.165, 1.54) is 28.5 Å². The first-order valence-corrected chi connectivity index (χ1v) is 9.80. The van der Waals surface area contributed by atoms with Gasteiger partial charge in [-0.25, -0.2) is 16.8 Å². The number of pyridine rings is 1. The normalized spacial score (nSPS) is 15.4. The van der Waals surface area contributed by atoms with E-state index < -0.39 is 15.8 Å². The summed E-state index contributed by atoms with van der Waals surface area (Å²) in [6, 6.07) is 11.2. The molecule has 2 aromatic heterocycles. The van der Waals surface area contributed by atoms with Crippen LogP contribution in [-0.2, 0) is 16.4 Å². The van der Waals surface area contributed by atoms with Gasteiger partial charge < -0.3 is 5.32 Å². The topological polar surface area (TPSA) is 64.0 Å². The molecule has 1 aliphatic carbocycles. The highest BCUT2D eigenvalue weighted by molar-refractivity contribution is 7.90. The predicted octanol–water partition coefficient (Wildman–Crippen LogP) is 3.98. The minimum atomic E-state index is -3.89. The monoisotopic (exact) mass is 443 g/mol. The summed E-state index contributed by atoms with van der Waals surface area (Å²) in [5, 5.41) is 3.20. The van der Waals surface area contributed by atoms with Gasteiger partial charge in [0.2, 0.25) is 0 Å². The van der Waals surface area contributed by atoms with Gasteiger partial charge in [0.25, 0.3) is 10.0 Å².